The molecular weight excluding hydrogens is 521 g/mol. The second-order valence-corrected chi connectivity index (χ2v) is 7.00. The summed E-state index contributed by atoms with van der Waals surface area (Å²) >= 11 is 0. The summed E-state index contributed by atoms with van der Waals surface area (Å²) < 4.78 is 21.8. The van der Waals surface area contributed by atoms with Crippen molar-refractivity contribution >= 4 is 29.9 Å². The molecule has 0 fully saturated rings. The zero-order valence-electron chi connectivity index (χ0n) is 19.7. The highest BCUT2D eigenvalue weighted by atomic mass is 127. The van der Waals surface area contributed by atoms with Crippen LogP contribution >= 0.6 is 24.0 Å². The first-order valence-electron chi connectivity index (χ1n) is 10.5. The van der Waals surface area contributed by atoms with E-state index < -0.39 is 0 Å². The number of hydrogen-bond donors (Lipinski definition) is 1. The van der Waals surface area contributed by atoms with Gasteiger partial charge in [-0.05, 0) is 30.2 Å². The molecule has 8 heteroatoms. The standard InChI is InChI=1S/C24H35N3O4.HI/c1-6-30-12-13-31-18-20-9-7-8-19(14-20)16-26-24(25-2)27(3)17-21-10-11-22(28-4)15-23(21)29-5;/h7-11,14-15H,6,12-13,16-18H2,1-5H3,(H,25,26);1H. The zero-order chi connectivity index (χ0) is 22.5. The number of guanidine groups is 1. The third kappa shape index (κ3) is 9.22. The Morgan fingerprint density at radius 3 is 2.44 bits per heavy atom. The Balaban J connectivity index is 0.00000512. The largest absolute Gasteiger partial charge is 0.497 e. The van der Waals surface area contributed by atoms with Crippen LogP contribution in [0.1, 0.15) is 23.6 Å². The van der Waals surface area contributed by atoms with Crippen LogP contribution in [0, 0.1) is 0 Å². The first-order chi connectivity index (χ1) is 15.1. The number of nitrogens with one attached hydrogen (secondary N) is 1. The summed E-state index contributed by atoms with van der Waals surface area (Å²) in [6.45, 7) is 5.82. The average Bonchev–Trinajstić information content (AvgIpc) is 2.80. The lowest BCUT2D eigenvalue weighted by molar-refractivity contribution is 0.0453. The minimum atomic E-state index is 0. The van der Waals surface area contributed by atoms with Gasteiger partial charge in [-0.3, -0.25) is 4.99 Å². The molecule has 2 aromatic rings. The molecular formula is C24H36IN3O4. The van der Waals surface area contributed by atoms with Gasteiger partial charge >= 0.3 is 0 Å². The molecule has 1 N–H and O–H groups in total. The molecule has 7 nitrogen and oxygen atoms in total. The Kier molecular flexibility index (Phi) is 13.7. The van der Waals surface area contributed by atoms with E-state index in [2.05, 4.69) is 33.4 Å². The molecule has 0 aliphatic carbocycles. The van der Waals surface area contributed by atoms with Gasteiger partial charge in [0.2, 0.25) is 0 Å². The average molecular weight is 557 g/mol. The summed E-state index contributed by atoms with van der Waals surface area (Å²) in [5, 5.41) is 3.43. The van der Waals surface area contributed by atoms with Gasteiger partial charge in [0, 0.05) is 45.4 Å². The van der Waals surface area contributed by atoms with Gasteiger partial charge in [0.15, 0.2) is 5.96 Å². The maximum absolute atomic E-state index is 5.67. The number of nitrogens with zero attached hydrogens (tertiary/aromatic N) is 2. The summed E-state index contributed by atoms with van der Waals surface area (Å²) in [7, 11) is 7.10. The third-order valence-electron chi connectivity index (χ3n) is 4.76. The smallest absolute Gasteiger partial charge is 0.193 e. The number of ether oxygens (including phenoxy) is 4. The molecule has 0 heterocycles. The Labute approximate surface area is 209 Å². The van der Waals surface area contributed by atoms with Gasteiger partial charge in [0.1, 0.15) is 11.5 Å². The van der Waals surface area contributed by atoms with Gasteiger partial charge in [-0.15, -0.1) is 24.0 Å². The molecule has 2 rings (SSSR count). The van der Waals surface area contributed by atoms with E-state index in [0.717, 1.165) is 28.6 Å². The van der Waals surface area contributed by atoms with E-state index in [9.17, 15) is 0 Å². The summed E-state index contributed by atoms with van der Waals surface area (Å²) in [6, 6.07) is 14.2. The lowest BCUT2D eigenvalue weighted by Crippen LogP contribution is -2.38. The topological polar surface area (TPSA) is 64.6 Å². The van der Waals surface area contributed by atoms with Gasteiger partial charge in [-0.1, -0.05) is 24.3 Å². The molecule has 0 saturated heterocycles. The molecule has 0 atom stereocenters. The Morgan fingerprint density at radius 1 is 1.00 bits per heavy atom. The molecule has 0 radical (unpaired) electrons. The predicted molar refractivity (Wildman–Crippen MR) is 139 cm³/mol. The predicted octanol–water partition coefficient (Wildman–Crippen LogP) is 4.08. The van der Waals surface area contributed by atoms with Crippen molar-refractivity contribution < 1.29 is 18.9 Å². The lowest BCUT2D eigenvalue weighted by Gasteiger charge is -2.23. The highest BCUT2D eigenvalue weighted by molar-refractivity contribution is 14.0. The van der Waals surface area contributed by atoms with Crippen LogP contribution < -0.4 is 14.8 Å². The fraction of sp³-hybridized carbons (Fsp3) is 0.458. The maximum atomic E-state index is 5.67. The molecule has 0 aliphatic rings. The molecule has 0 aliphatic heterocycles. The van der Waals surface area contributed by atoms with E-state index in [1.54, 1.807) is 21.3 Å². The number of halogens is 1. The van der Waals surface area contributed by atoms with Crippen molar-refractivity contribution in [2.75, 3.05) is 48.1 Å². The summed E-state index contributed by atoms with van der Waals surface area (Å²) in [5.41, 5.74) is 3.37. The number of aliphatic imine (C=N–C) groups is 1. The molecule has 2 aromatic carbocycles. The minimum Gasteiger partial charge on any atom is -0.497 e. The molecule has 178 valence electrons. The van der Waals surface area contributed by atoms with E-state index in [4.69, 9.17) is 18.9 Å². The summed E-state index contributed by atoms with van der Waals surface area (Å²) in [4.78, 5) is 6.48. The molecule has 32 heavy (non-hydrogen) atoms. The van der Waals surface area contributed by atoms with Gasteiger partial charge in [0.25, 0.3) is 0 Å². The fourth-order valence-electron chi connectivity index (χ4n) is 3.16. The van der Waals surface area contributed by atoms with Crippen molar-refractivity contribution in [2.24, 2.45) is 4.99 Å². The van der Waals surface area contributed by atoms with Crippen molar-refractivity contribution in [1.82, 2.24) is 10.2 Å². The van der Waals surface area contributed by atoms with E-state index in [1.165, 1.54) is 5.56 Å². The fourth-order valence-corrected chi connectivity index (χ4v) is 3.16. The quantitative estimate of drug-likeness (QED) is 0.184. The number of rotatable bonds is 12. The highest BCUT2D eigenvalue weighted by Gasteiger charge is 2.11. The number of hydrogen-bond acceptors (Lipinski definition) is 5. The van der Waals surface area contributed by atoms with Gasteiger partial charge in [0.05, 0.1) is 34.0 Å². The van der Waals surface area contributed by atoms with Crippen molar-refractivity contribution in [1.29, 1.82) is 0 Å². The van der Waals surface area contributed by atoms with Crippen LogP contribution in [0.2, 0.25) is 0 Å². The summed E-state index contributed by atoms with van der Waals surface area (Å²) in [5.74, 6) is 2.36. The van der Waals surface area contributed by atoms with Crippen LogP contribution in [0.4, 0.5) is 0 Å². The maximum Gasteiger partial charge on any atom is 0.193 e. The monoisotopic (exact) mass is 557 g/mol. The van der Waals surface area contributed by atoms with Gasteiger partial charge in [-0.25, -0.2) is 0 Å². The second-order valence-electron chi connectivity index (χ2n) is 7.00. The van der Waals surface area contributed by atoms with Crippen LogP contribution in [0.5, 0.6) is 11.5 Å². The summed E-state index contributed by atoms with van der Waals surface area (Å²) in [6.07, 6.45) is 0. The normalized spacial score (nSPS) is 11.0. The molecule has 0 spiro atoms. The first kappa shape index (κ1) is 28.0. The van der Waals surface area contributed by atoms with E-state index in [-0.39, 0.29) is 24.0 Å². The Morgan fingerprint density at radius 2 is 1.75 bits per heavy atom. The second kappa shape index (κ2) is 15.7. The Bertz CT molecular complexity index is 833. The first-order valence-corrected chi connectivity index (χ1v) is 10.5. The van der Waals surface area contributed by atoms with Crippen molar-refractivity contribution in [3.63, 3.8) is 0 Å². The van der Waals surface area contributed by atoms with E-state index in [0.29, 0.717) is 39.5 Å². The van der Waals surface area contributed by atoms with Crippen LogP contribution in [0.25, 0.3) is 0 Å². The van der Waals surface area contributed by atoms with E-state index in [1.807, 2.05) is 38.2 Å². The van der Waals surface area contributed by atoms with Crippen molar-refractivity contribution in [3.05, 3.63) is 59.2 Å². The van der Waals surface area contributed by atoms with Crippen molar-refractivity contribution in [2.45, 2.75) is 26.6 Å². The zero-order valence-corrected chi connectivity index (χ0v) is 22.1. The van der Waals surface area contributed by atoms with E-state index >= 15 is 0 Å². The van der Waals surface area contributed by atoms with Crippen LogP contribution in [-0.2, 0) is 29.2 Å². The highest BCUT2D eigenvalue weighted by Crippen LogP contribution is 2.25. The molecule has 0 amide bonds. The molecule has 0 bridgehead atoms. The van der Waals surface area contributed by atoms with Gasteiger partial charge < -0.3 is 29.2 Å². The molecule has 0 unspecified atom stereocenters. The number of methoxy groups -OCH3 is 2. The van der Waals surface area contributed by atoms with Crippen LogP contribution in [-0.4, -0.2) is 59.0 Å². The van der Waals surface area contributed by atoms with Crippen molar-refractivity contribution in [3.8, 4) is 11.5 Å². The third-order valence-corrected chi connectivity index (χ3v) is 4.76. The Hall–Kier alpha value is -2.04. The molecule has 0 aromatic heterocycles. The SMILES string of the molecule is CCOCCOCc1cccc(CNC(=NC)N(C)Cc2ccc(OC)cc2OC)c1.I. The minimum absolute atomic E-state index is 0. The van der Waals surface area contributed by atoms with Crippen LogP contribution in [0.15, 0.2) is 47.5 Å². The van der Waals surface area contributed by atoms with Crippen LogP contribution in [0.3, 0.4) is 0 Å². The van der Waals surface area contributed by atoms with Gasteiger partial charge in [-0.2, -0.15) is 0 Å². The molecule has 0 saturated carbocycles. The lowest BCUT2D eigenvalue weighted by atomic mass is 10.1. The number of benzene rings is 2.